The molecule has 4 rings (SSSR count). The minimum atomic E-state index is -4.10. The van der Waals surface area contributed by atoms with Gasteiger partial charge in [-0.15, -0.1) is 0 Å². The molecule has 0 unspecified atom stereocenters. The molecule has 0 N–H and O–H groups in total. The van der Waals surface area contributed by atoms with Crippen LogP contribution in [0.2, 0.25) is 5.02 Å². The number of benzene rings is 3. The van der Waals surface area contributed by atoms with Gasteiger partial charge in [-0.2, -0.15) is 5.26 Å². The van der Waals surface area contributed by atoms with Crippen LogP contribution >= 0.6 is 11.6 Å². The second kappa shape index (κ2) is 14.9. The van der Waals surface area contributed by atoms with Crippen molar-refractivity contribution in [1.82, 2.24) is 4.90 Å². The highest BCUT2D eigenvalue weighted by atomic mass is 35.5. The number of nitriles is 1. The molecular weight excluding hydrogens is 574 g/mol. The number of halogens is 1. The Bertz CT molecular complexity index is 1530. The highest BCUT2D eigenvalue weighted by molar-refractivity contribution is 7.93. The number of rotatable bonds is 12. The number of carbonyl (C=O) groups excluding carboxylic acids is 1. The van der Waals surface area contributed by atoms with Gasteiger partial charge >= 0.3 is 5.97 Å². The molecule has 3 aromatic rings. The Morgan fingerprint density at radius 3 is 2.55 bits per heavy atom. The number of nitrogens with zero attached hydrogens (tertiary/aromatic N) is 3. The van der Waals surface area contributed by atoms with Gasteiger partial charge in [-0.1, -0.05) is 66.2 Å². The maximum Gasteiger partial charge on any atom is 0.323 e. The summed E-state index contributed by atoms with van der Waals surface area (Å²) < 4.78 is 38.8. The predicted octanol–water partition coefficient (Wildman–Crippen LogP) is 5.67. The summed E-state index contributed by atoms with van der Waals surface area (Å²) >= 11 is 6.60. The zero-order chi connectivity index (χ0) is 30.0. The third kappa shape index (κ3) is 8.83. The largest absolute Gasteiger partial charge is 0.489 e. The van der Waals surface area contributed by atoms with Crippen molar-refractivity contribution >= 4 is 39.4 Å². The fourth-order valence-corrected chi connectivity index (χ4v) is 6.26. The number of carbonyl (C=O) groups is 1. The normalized spacial score (nSPS) is 14.4. The Morgan fingerprint density at radius 2 is 1.86 bits per heavy atom. The summed E-state index contributed by atoms with van der Waals surface area (Å²) in [5, 5.41) is 9.43. The quantitative estimate of drug-likeness (QED) is 0.245. The molecular formula is C32H34ClN3O5S. The van der Waals surface area contributed by atoms with Crippen LogP contribution in [0.25, 0.3) is 6.08 Å². The van der Waals surface area contributed by atoms with Gasteiger partial charge in [-0.05, 0) is 61.2 Å². The second-order valence-electron chi connectivity index (χ2n) is 9.93. The number of hydrogen-bond acceptors (Lipinski definition) is 7. The molecule has 1 saturated heterocycles. The van der Waals surface area contributed by atoms with E-state index >= 15 is 0 Å². The third-order valence-electron chi connectivity index (χ3n) is 6.82. The zero-order valence-electron chi connectivity index (χ0n) is 23.5. The van der Waals surface area contributed by atoms with E-state index in [1.54, 1.807) is 49.4 Å². The van der Waals surface area contributed by atoms with Crippen molar-refractivity contribution in [1.29, 1.82) is 5.26 Å². The fraction of sp³-hybridized carbons (Fsp3) is 0.312. The summed E-state index contributed by atoms with van der Waals surface area (Å²) in [6.07, 6.45) is 5.07. The van der Waals surface area contributed by atoms with Crippen molar-refractivity contribution < 1.29 is 22.7 Å². The maximum absolute atomic E-state index is 13.3. The Kier molecular flexibility index (Phi) is 11.0. The minimum Gasteiger partial charge on any atom is -0.489 e. The van der Waals surface area contributed by atoms with E-state index in [-0.39, 0.29) is 24.3 Å². The van der Waals surface area contributed by atoms with Gasteiger partial charge in [0.15, 0.2) is 5.75 Å². The van der Waals surface area contributed by atoms with Gasteiger partial charge < -0.3 is 9.47 Å². The Hall–Kier alpha value is -3.84. The van der Waals surface area contributed by atoms with Gasteiger partial charge in [0.25, 0.3) is 0 Å². The van der Waals surface area contributed by atoms with Crippen LogP contribution in [-0.2, 0) is 26.1 Å². The molecule has 0 bridgehead atoms. The first-order chi connectivity index (χ1) is 20.3. The Morgan fingerprint density at radius 1 is 1.10 bits per heavy atom. The lowest BCUT2D eigenvalue weighted by Gasteiger charge is -2.32. The molecule has 1 heterocycles. The third-order valence-corrected chi connectivity index (χ3v) is 8.75. The molecule has 8 nitrogen and oxygen atoms in total. The lowest BCUT2D eigenvalue weighted by atomic mass is 10.1. The number of likely N-dealkylation sites (tertiary alicyclic amines) is 1. The molecule has 0 radical (unpaired) electrons. The highest BCUT2D eigenvalue weighted by Gasteiger charge is 2.27. The van der Waals surface area contributed by atoms with Gasteiger partial charge in [-0.25, -0.2) is 8.42 Å². The molecule has 1 fully saturated rings. The molecule has 0 spiro atoms. The molecule has 220 valence electrons. The Labute approximate surface area is 252 Å². The van der Waals surface area contributed by atoms with Crippen LogP contribution in [0.3, 0.4) is 0 Å². The first-order valence-corrected chi connectivity index (χ1v) is 15.8. The molecule has 3 aromatic carbocycles. The summed E-state index contributed by atoms with van der Waals surface area (Å²) in [6, 6.07) is 24.2. The molecule has 0 aromatic heterocycles. The SMILES string of the molecule is CCOC(=O)CS(=O)(=O)N(C/C=C/c1cccc(C#N)c1)c1ccc(OC2CCN(Cc3ccccc3)CC2)c(Cl)c1. The van der Waals surface area contributed by atoms with Crippen molar-refractivity contribution in [3.8, 4) is 11.8 Å². The maximum atomic E-state index is 13.3. The molecule has 1 aliphatic heterocycles. The minimum absolute atomic E-state index is 0.00358. The molecule has 1 aliphatic rings. The van der Waals surface area contributed by atoms with Gasteiger partial charge in [0, 0.05) is 19.6 Å². The van der Waals surface area contributed by atoms with E-state index < -0.39 is 21.7 Å². The molecule has 0 amide bonds. The summed E-state index contributed by atoms with van der Waals surface area (Å²) in [5.41, 5.74) is 2.81. The van der Waals surface area contributed by atoms with E-state index in [1.807, 2.05) is 24.3 Å². The van der Waals surface area contributed by atoms with Gasteiger partial charge in [0.1, 0.15) is 11.9 Å². The monoisotopic (exact) mass is 607 g/mol. The van der Waals surface area contributed by atoms with Crippen LogP contribution in [-0.4, -0.2) is 57.4 Å². The number of ether oxygens (including phenoxy) is 2. The van der Waals surface area contributed by atoms with E-state index in [1.165, 1.54) is 11.6 Å². The molecule has 42 heavy (non-hydrogen) atoms. The summed E-state index contributed by atoms with van der Waals surface area (Å²) in [4.78, 5) is 14.5. The zero-order valence-corrected chi connectivity index (χ0v) is 25.1. The van der Waals surface area contributed by atoms with Crippen LogP contribution in [0.5, 0.6) is 5.75 Å². The summed E-state index contributed by atoms with van der Waals surface area (Å²) in [6.45, 7) is 4.34. The van der Waals surface area contributed by atoms with Crippen molar-refractivity contribution in [2.24, 2.45) is 0 Å². The number of esters is 1. The molecule has 0 aliphatic carbocycles. The highest BCUT2D eigenvalue weighted by Crippen LogP contribution is 2.33. The smallest absolute Gasteiger partial charge is 0.323 e. The molecule has 0 saturated carbocycles. The van der Waals surface area contributed by atoms with Gasteiger partial charge in [0.05, 0.1) is 35.5 Å². The standard InChI is InChI=1S/C32H34ClN3O5S/c1-2-40-32(37)24-42(38,39)36(17-7-12-25-10-6-11-27(20-25)22-34)28-13-14-31(30(33)21-28)41-29-15-18-35(19-16-29)23-26-8-4-3-5-9-26/h3-14,20-21,29H,2,15-19,23-24H2,1H3/b12-7+. The number of sulfonamides is 1. The van der Waals surface area contributed by atoms with E-state index in [0.717, 1.165) is 42.3 Å². The number of hydrogen-bond donors (Lipinski definition) is 0. The first-order valence-electron chi connectivity index (χ1n) is 13.8. The van der Waals surface area contributed by atoms with Crippen LogP contribution in [0.1, 0.15) is 36.5 Å². The average Bonchev–Trinajstić information content (AvgIpc) is 2.98. The average molecular weight is 608 g/mol. The second-order valence-corrected chi connectivity index (χ2v) is 12.2. The van der Waals surface area contributed by atoms with E-state index in [4.69, 9.17) is 26.3 Å². The van der Waals surface area contributed by atoms with Crippen molar-refractivity contribution in [2.45, 2.75) is 32.4 Å². The van der Waals surface area contributed by atoms with Crippen molar-refractivity contribution in [3.63, 3.8) is 0 Å². The van der Waals surface area contributed by atoms with Crippen molar-refractivity contribution in [2.75, 3.05) is 36.3 Å². The van der Waals surface area contributed by atoms with Crippen LogP contribution in [0, 0.1) is 11.3 Å². The predicted molar refractivity (Wildman–Crippen MR) is 165 cm³/mol. The van der Waals surface area contributed by atoms with E-state index in [2.05, 4.69) is 23.1 Å². The van der Waals surface area contributed by atoms with E-state index in [9.17, 15) is 13.2 Å². The van der Waals surface area contributed by atoms with E-state index in [0.29, 0.717) is 17.0 Å². The number of piperidine rings is 1. The lowest BCUT2D eigenvalue weighted by molar-refractivity contribution is -0.139. The van der Waals surface area contributed by atoms with Crippen LogP contribution in [0.4, 0.5) is 5.69 Å². The Balaban J connectivity index is 1.46. The van der Waals surface area contributed by atoms with Crippen LogP contribution in [0.15, 0.2) is 78.9 Å². The number of anilines is 1. The summed E-state index contributed by atoms with van der Waals surface area (Å²) in [5.74, 6) is -1.16. The van der Waals surface area contributed by atoms with Crippen LogP contribution < -0.4 is 9.04 Å². The fourth-order valence-electron chi connectivity index (χ4n) is 4.75. The van der Waals surface area contributed by atoms with Gasteiger partial charge in [-0.3, -0.25) is 14.0 Å². The molecule has 0 atom stereocenters. The topological polar surface area (TPSA) is 99.9 Å². The summed E-state index contributed by atoms with van der Waals surface area (Å²) in [7, 11) is -4.10. The molecule has 10 heteroatoms. The van der Waals surface area contributed by atoms with Crippen molar-refractivity contribution in [3.05, 3.63) is 101 Å². The van der Waals surface area contributed by atoms with Gasteiger partial charge in [0.2, 0.25) is 10.0 Å². The lowest BCUT2D eigenvalue weighted by Crippen LogP contribution is -2.38. The first kappa shape index (κ1) is 31.1.